The summed E-state index contributed by atoms with van der Waals surface area (Å²) in [4.78, 5) is 15.8. The Hall–Kier alpha value is -3.49. The maximum absolute atomic E-state index is 14.6. The summed E-state index contributed by atoms with van der Waals surface area (Å²) in [5, 5.41) is 0.286. The van der Waals surface area contributed by atoms with Crippen molar-refractivity contribution >= 4 is 11.6 Å². The van der Waals surface area contributed by atoms with E-state index in [4.69, 9.17) is 21.1 Å². The Labute approximate surface area is 187 Å². The first kappa shape index (κ1) is 21.7. The number of methoxy groups -OCH3 is 1. The predicted molar refractivity (Wildman–Crippen MR) is 117 cm³/mol. The van der Waals surface area contributed by atoms with Crippen LogP contribution in [-0.2, 0) is 11.8 Å². The molecule has 2 aromatic heterocycles. The third-order valence-electron chi connectivity index (χ3n) is 4.88. The standard InChI is InChI=1S/C23H18ClF2N3O3/c1-28-7-8-29(23(28)30)20-4-3-14(9-19(20)24)17-11-16(25)12-18(22(17)32-13-31-2)15-5-6-27-21(26)10-15/h3-12H,13H2,1-2H3. The fourth-order valence-corrected chi connectivity index (χ4v) is 3.65. The molecule has 0 saturated heterocycles. The summed E-state index contributed by atoms with van der Waals surface area (Å²) in [5.41, 5.74) is 1.89. The second-order valence-electron chi connectivity index (χ2n) is 6.98. The van der Waals surface area contributed by atoms with E-state index in [1.165, 1.54) is 40.6 Å². The van der Waals surface area contributed by atoms with Crippen LogP contribution in [0.4, 0.5) is 8.78 Å². The Balaban J connectivity index is 1.88. The first-order valence-electron chi connectivity index (χ1n) is 9.50. The van der Waals surface area contributed by atoms with Crippen LogP contribution in [0.25, 0.3) is 27.9 Å². The smallest absolute Gasteiger partial charge is 0.332 e. The van der Waals surface area contributed by atoms with E-state index in [-0.39, 0.29) is 17.5 Å². The zero-order chi connectivity index (χ0) is 22.8. The molecule has 0 saturated carbocycles. The van der Waals surface area contributed by atoms with E-state index in [1.807, 2.05) is 0 Å². The molecular formula is C23H18ClF2N3O3. The predicted octanol–water partition coefficient (Wildman–Crippen LogP) is 4.82. The fraction of sp³-hybridized carbons (Fsp3) is 0.130. The first-order valence-corrected chi connectivity index (χ1v) is 9.88. The molecule has 0 aliphatic heterocycles. The molecule has 0 unspecified atom stereocenters. The zero-order valence-corrected chi connectivity index (χ0v) is 17.9. The van der Waals surface area contributed by atoms with Crippen LogP contribution >= 0.6 is 11.6 Å². The second kappa shape index (κ2) is 8.94. The number of nitrogens with zero attached hydrogens (tertiary/aromatic N) is 3. The van der Waals surface area contributed by atoms with Crippen LogP contribution in [0.3, 0.4) is 0 Å². The number of rotatable bonds is 6. The van der Waals surface area contributed by atoms with E-state index < -0.39 is 11.8 Å². The molecule has 0 fully saturated rings. The van der Waals surface area contributed by atoms with E-state index in [1.54, 1.807) is 43.7 Å². The maximum Gasteiger partial charge on any atom is 0.332 e. The SMILES string of the molecule is COCOc1c(-c2ccnc(F)c2)cc(F)cc1-c1ccc(-n2ccn(C)c2=O)c(Cl)c1. The van der Waals surface area contributed by atoms with E-state index >= 15 is 0 Å². The topological polar surface area (TPSA) is 58.3 Å². The Morgan fingerprint density at radius 2 is 1.75 bits per heavy atom. The lowest BCUT2D eigenvalue weighted by Gasteiger charge is -2.17. The third kappa shape index (κ3) is 4.15. The Bertz CT molecular complexity index is 1350. The highest BCUT2D eigenvalue weighted by Gasteiger charge is 2.18. The van der Waals surface area contributed by atoms with Crippen LogP contribution in [0, 0.1) is 11.8 Å². The molecule has 0 bridgehead atoms. The molecule has 0 aliphatic carbocycles. The van der Waals surface area contributed by atoms with Gasteiger partial charge >= 0.3 is 5.69 Å². The Morgan fingerprint density at radius 1 is 1.03 bits per heavy atom. The van der Waals surface area contributed by atoms with Gasteiger partial charge in [0.1, 0.15) is 11.6 Å². The average molecular weight is 458 g/mol. The minimum Gasteiger partial charge on any atom is -0.466 e. The Kier molecular flexibility index (Phi) is 6.07. The summed E-state index contributed by atoms with van der Waals surface area (Å²) in [5.74, 6) is -0.956. The monoisotopic (exact) mass is 457 g/mol. The van der Waals surface area contributed by atoms with E-state index in [0.29, 0.717) is 33.7 Å². The molecule has 0 amide bonds. The van der Waals surface area contributed by atoms with Crippen molar-refractivity contribution < 1.29 is 18.3 Å². The molecule has 0 N–H and O–H groups in total. The van der Waals surface area contributed by atoms with E-state index in [2.05, 4.69) is 4.98 Å². The highest BCUT2D eigenvalue weighted by Crippen LogP contribution is 2.41. The summed E-state index contributed by atoms with van der Waals surface area (Å²) in [6.45, 7) is -0.107. The highest BCUT2D eigenvalue weighted by molar-refractivity contribution is 6.32. The van der Waals surface area contributed by atoms with Gasteiger partial charge in [0.05, 0.1) is 10.7 Å². The minimum atomic E-state index is -0.702. The molecule has 4 rings (SSSR count). The van der Waals surface area contributed by atoms with Gasteiger partial charge < -0.3 is 14.0 Å². The molecule has 0 spiro atoms. The minimum absolute atomic E-state index is 0.107. The number of halogens is 3. The third-order valence-corrected chi connectivity index (χ3v) is 5.18. The average Bonchev–Trinajstić information content (AvgIpc) is 3.10. The normalized spacial score (nSPS) is 11.0. The van der Waals surface area contributed by atoms with Crippen LogP contribution in [-0.4, -0.2) is 28.0 Å². The molecule has 2 aromatic carbocycles. The van der Waals surface area contributed by atoms with Gasteiger partial charge in [-0.3, -0.25) is 4.57 Å². The molecule has 164 valence electrons. The zero-order valence-electron chi connectivity index (χ0n) is 17.2. The van der Waals surface area contributed by atoms with Crippen molar-refractivity contribution in [3.8, 4) is 33.7 Å². The number of aromatic nitrogens is 3. The van der Waals surface area contributed by atoms with E-state index in [9.17, 15) is 13.6 Å². The molecule has 9 heteroatoms. The van der Waals surface area contributed by atoms with Gasteiger partial charge in [0.15, 0.2) is 6.79 Å². The van der Waals surface area contributed by atoms with Gasteiger partial charge in [-0.1, -0.05) is 17.7 Å². The maximum atomic E-state index is 14.6. The lowest BCUT2D eigenvalue weighted by Crippen LogP contribution is -2.20. The first-order chi connectivity index (χ1) is 15.4. The fourth-order valence-electron chi connectivity index (χ4n) is 3.38. The summed E-state index contributed by atoms with van der Waals surface area (Å²) in [6, 6.07) is 10.3. The number of hydrogen-bond acceptors (Lipinski definition) is 4. The molecule has 4 aromatic rings. The van der Waals surface area contributed by atoms with Gasteiger partial charge in [-0.2, -0.15) is 4.39 Å². The summed E-state index contributed by atoms with van der Waals surface area (Å²) in [6.07, 6.45) is 4.52. The van der Waals surface area contributed by atoms with Crippen LogP contribution in [0.2, 0.25) is 5.02 Å². The molecular weight excluding hydrogens is 440 g/mol. The van der Waals surface area contributed by atoms with Crippen molar-refractivity contribution in [3.63, 3.8) is 0 Å². The number of pyridine rings is 1. The van der Waals surface area contributed by atoms with Crippen molar-refractivity contribution in [2.75, 3.05) is 13.9 Å². The van der Waals surface area contributed by atoms with Crippen molar-refractivity contribution in [1.82, 2.24) is 14.1 Å². The molecule has 0 atom stereocenters. The van der Waals surface area contributed by atoms with Crippen molar-refractivity contribution in [2.45, 2.75) is 0 Å². The van der Waals surface area contributed by atoms with Gasteiger partial charge in [-0.15, -0.1) is 0 Å². The van der Waals surface area contributed by atoms with Crippen LogP contribution < -0.4 is 10.4 Å². The number of imidazole rings is 1. The van der Waals surface area contributed by atoms with E-state index in [0.717, 1.165) is 0 Å². The molecule has 0 radical (unpaired) electrons. The number of aryl methyl sites for hydroxylation is 1. The highest BCUT2D eigenvalue weighted by atomic mass is 35.5. The molecule has 0 aliphatic rings. The van der Waals surface area contributed by atoms with Crippen LogP contribution in [0.5, 0.6) is 5.75 Å². The lowest BCUT2D eigenvalue weighted by molar-refractivity contribution is 0.0519. The summed E-state index contributed by atoms with van der Waals surface area (Å²) < 4.78 is 42.0. The van der Waals surface area contributed by atoms with Gasteiger partial charge in [0.25, 0.3) is 0 Å². The molecule has 6 nitrogen and oxygen atoms in total. The van der Waals surface area contributed by atoms with Crippen molar-refractivity contribution in [1.29, 1.82) is 0 Å². The quantitative estimate of drug-likeness (QED) is 0.308. The van der Waals surface area contributed by atoms with Gasteiger partial charge in [-0.05, 0) is 41.5 Å². The number of ether oxygens (including phenoxy) is 2. The lowest BCUT2D eigenvalue weighted by atomic mass is 9.97. The molecule has 32 heavy (non-hydrogen) atoms. The largest absolute Gasteiger partial charge is 0.466 e. The van der Waals surface area contributed by atoms with Gasteiger partial charge in [0.2, 0.25) is 5.95 Å². The van der Waals surface area contributed by atoms with Crippen LogP contribution in [0.15, 0.2) is 65.8 Å². The van der Waals surface area contributed by atoms with Gasteiger partial charge in [-0.25, -0.2) is 14.2 Å². The van der Waals surface area contributed by atoms with Gasteiger partial charge in [0, 0.05) is 49.9 Å². The summed E-state index contributed by atoms with van der Waals surface area (Å²) in [7, 11) is 3.09. The summed E-state index contributed by atoms with van der Waals surface area (Å²) >= 11 is 6.48. The molecule has 2 heterocycles. The van der Waals surface area contributed by atoms with Crippen LogP contribution in [0.1, 0.15) is 0 Å². The Morgan fingerprint density at radius 3 is 2.34 bits per heavy atom. The number of benzene rings is 2. The second-order valence-corrected chi connectivity index (χ2v) is 7.38. The van der Waals surface area contributed by atoms with Crippen molar-refractivity contribution in [3.05, 3.63) is 88.3 Å². The van der Waals surface area contributed by atoms with Crippen molar-refractivity contribution in [2.24, 2.45) is 7.05 Å². The number of hydrogen-bond donors (Lipinski definition) is 0.